The van der Waals surface area contributed by atoms with Gasteiger partial charge >= 0.3 is 0 Å². The summed E-state index contributed by atoms with van der Waals surface area (Å²) in [7, 11) is 0. The normalized spacial score (nSPS) is 17.0. The molecule has 1 aromatic heterocycles. The van der Waals surface area contributed by atoms with E-state index in [0.29, 0.717) is 11.7 Å². The predicted molar refractivity (Wildman–Crippen MR) is 149 cm³/mol. The van der Waals surface area contributed by atoms with Gasteiger partial charge in [-0.05, 0) is 43.4 Å². The number of carbonyl (C=O) groups is 1. The summed E-state index contributed by atoms with van der Waals surface area (Å²) < 4.78 is 5.44. The fraction of sp³-hybridized carbons (Fsp3) is 0.478. The van der Waals surface area contributed by atoms with Crippen LogP contribution in [0.3, 0.4) is 0 Å². The van der Waals surface area contributed by atoms with Crippen LogP contribution in [0.2, 0.25) is 5.15 Å². The summed E-state index contributed by atoms with van der Waals surface area (Å²) in [5.74, 6) is 0.308. The highest BCUT2D eigenvalue weighted by atomic mass is 35.5. The number of benzene rings is 1. The van der Waals surface area contributed by atoms with Gasteiger partial charge in [-0.2, -0.15) is 0 Å². The molecule has 3 atom stereocenters. The minimum Gasteiger partial charge on any atom is -0.491 e. The number of aliphatic hydroxyl groups excluding tert-OH is 2. The van der Waals surface area contributed by atoms with Crippen molar-refractivity contribution in [3.63, 3.8) is 0 Å². The number of halogens is 3. The first-order valence-electron chi connectivity index (χ1n) is 11.6. The third-order valence-electron chi connectivity index (χ3n) is 5.57. The molecule has 37 heavy (non-hydrogen) atoms. The number of amides is 1. The van der Waals surface area contributed by atoms with Crippen molar-refractivity contribution in [2.75, 3.05) is 24.7 Å². The molecule has 206 valence electrons. The second-order valence-corrected chi connectivity index (χ2v) is 8.71. The van der Waals surface area contributed by atoms with E-state index in [1.165, 1.54) is 0 Å². The lowest BCUT2D eigenvalue weighted by Gasteiger charge is -2.18. The van der Waals surface area contributed by atoms with E-state index in [1.54, 1.807) is 0 Å². The van der Waals surface area contributed by atoms with Crippen LogP contribution in [0.1, 0.15) is 48.7 Å². The second kappa shape index (κ2) is 15.6. The molecule has 3 rings (SSSR count). The van der Waals surface area contributed by atoms with Gasteiger partial charge in [0.2, 0.25) is 0 Å². The molecule has 0 saturated heterocycles. The number of rotatable bonds is 11. The van der Waals surface area contributed by atoms with Gasteiger partial charge in [0.25, 0.3) is 5.91 Å². The lowest BCUT2D eigenvalue weighted by molar-refractivity contribution is 0.0536. The maximum absolute atomic E-state index is 12.6. The summed E-state index contributed by atoms with van der Waals surface area (Å²) in [5, 5.41) is 24.1. The molecule has 0 bridgehead atoms. The van der Waals surface area contributed by atoms with Gasteiger partial charge < -0.3 is 31.7 Å². The molecule has 2 unspecified atom stereocenters. The van der Waals surface area contributed by atoms with E-state index in [-0.39, 0.29) is 72.6 Å². The van der Waals surface area contributed by atoms with Crippen LogP contribution in [-0.4, -0.2) is 63.4 Å². The molecule has 8 N–H and O–H groups in total. The number of carbonyl (C=O) groups excluding carboxylic acids is 1. The van der Waals surface area contributed by atoms with Crippen LogP contribution in [0.4, 0.5) is 11.6 Å². The second-order valence-electron chi connectivity index (χ2n) is 8.36. The van der Waals surface area contributed by atoms with Crippen molar-refractivity contribution >= 4 is 59.9 Å². The third-order valence-corrected chi connectivity index (χ3v) is 5.85. The van der Waals surface area contributed by atoms with Crippen molar-refractivity contribution < 1.29 is 19.7 Å². The van der Waals surface area contributed by atoms with Gasteiger partial charge in [0.05, 0.1) is 18.7 Å². The largest absolute Gasteiger partial charge is 0.491 e. The number of aromatic nitrogens is 2. The van der Waals surface area contributed by atoms with Crippen molar-refractivity contribution in [2.45, 2.75) is 57.2 Å². The number of nitrogens with zero attached hydrogens (tertiary/aromatic N) is 3. The first kappa shape index (κ1) is 32.5. The molecule has 0 aliphatic carbocycles. The molecule has 11 nitrogen and oxygen atoms in total. The van der Waals surface area contributed by atoms with Crippen LogP contribution in [0.25, 0.3) is 0 Å². The summed E-state index contributed by atoms with van der Waals surface area (Å²) in [6, 6.07) is 7.79. The minimum absolute atomic E-state index is 0. The van der Waals surface area contributed by atoms with Crippen LogP contribution in [-0.2, 0) is 6.42 Å². The molecular formula is C23H34Cl3N7O4. The zero-order valence-electron chi connectivity index (χ0n) is 20.4. The summed E-state index contributed by atoms with van der Waals surface area (Å²) >= 11 is 5.88. The lowest BCUT2D eigenvalue weighted by atomic mass is 9.98. The number of aliphatic hydroxyl groups is 2. The standard InChI is InChI=1S/C23H32ClN7O4.2ClH/c1-2-4-16-17(6-3-5-13-7-9-15(10-8-13)35-12-14(33)11-32)28-23(27-16)31-22(34)18-20(25)30-21(26)19(24)29-18;;/h7-10,14,16-17,32-33H,2-6,11-12H2,1H3,(H4,25,26,30)(H2,27,28,31,34);2*1H/t14-,16?,17?;;/m0../s1. The maximum atomic E-state index is 12.6. The van der Waals surface area contributed by atoms with Gasteiger partial charge in [0.15, 0.2) is 28.4 Å². The van der Waals surface area contributed by atoms with E-state index >= 15 is 0 Å². The average Bonchev–Trinajstić information content (AvgIpc) is 3.21. The zero-order chi connectivity index (χ0) is 25.4. The van der Waals surface area contributed by atoms with Crippen LogP contribution in [0, 0.1) is 0 Å². The summed E-state index contributed by atoms with van der Waals surface area (Å²) in [4.78, 5) is 25.1. The SMILES string of the molecule is CCCC1NC(NC(=O)c2nc(Cl)c(N)nc2N)=NC1CCCc1ccc(OC[C@@H](O)CO)cc1.Cl.Cl. The monoisotopic (exact) mass is 577 g/mol. The van der Waals surface area contributed by atoms with Crippen LogP contribution in [0.5, 0.6) is 5.75 Å². The van der Waals surface area contributed by atoms with Crippen LogP contribution in [0.15, 0.2) is 29.3 Å². The Labute approximate surface area is 233 Å². The zero-order valence-corrected chi connectivity index (χ0v) is 22.8. The Kier molecular flexibility index (Phi) is 13.7. The number of aryl methyl sites for hydroxylation is 1. The van der Waals surface area contributed by atoms with E-state index in [4.69, 9.17) is 32.9 Å². The number of anilines is 2. The number of hydrogen-bond acceptors (Lipinski definition) is 10. The summed E-state index contributed by atoms with van der Waals surface area (Å²) in [6.45, 7) is 1.81. The maximum Gasteiger partial charge on any atom is 0.280 e. The number of nitrogen functional groups attached to an aromatic ring is 2. The highest BCUT2D eigenvalue weighted by molar-refractivity contribution is 6.31. The molecule has 14 heteroatoms. The molecule has 1 aromatic carbocycles. The first-order chi connectivity index (χ1) is 16.8. The molecule has 2 aromatic rings. The smallest absolute Gasteiger partial charge is 0.280 e. The fourth-order valence-corrected chi connectivity index (χ4v) is 3.89. The van der Waals surface area contributed by atoms with E-state index in [1.807, 2.05) is 24.3 Å². The predicted octanol–water partition coefficient (Wildman–Crippen LogP) is 2.12. The Balaban J connectivity index is 0.00000342. The highest BCUT2D eigenvalue weighted by Crippen LogP contribution is 2.21. The van der Waals surface area contributed by atoms with Crippen molar-refractivity contribution in [1.82, 2.24) is 20.6 Å². The minimum atomic E-state index is -0.893. The molecule has 0 radical (unpaired) electrons. The number of ether oxygens (including phenoxy) is 1. The van der Waals surface area contributed by atoms with Gasteiger partial charge in [-0.25, -0.2) is 15.0 Å². The fourth-order valence-electron chi connectivity index (χ4n) is 3.76. The molecule has 0 fully saturated rings. The van der Waals surface area contributed by atoms with Crippen molar-refractivity contribution in [2.24, 2.45) is 4.99 Å². The van der Waals surface area contributed by atoms with Crippen LogP contribution >= 0.6 is 36.4 Å². The summed E-state index contributed by atoms with van der Waals surface area (Å²) in [5.41, 5.74) is 12.4. The van der Waals surface area contributed by atoms with Crippen molar-refractivity contribution in [1.29, 1.82) is 0 Å². The van der Waals surface area contributed by atoms with Crippen molar-refractivity contribution in [3.05, 3.63) is 40.7 Å². The topological polar surface area (TPSA) is 181 Å². The summed E-state index contributed by atoms with van der Waals surface area (Å²) in [6.07, 6.45) is 3.61. The van der Waals surface area contributed by atoms with E-state index < -0.39 is 12.0 Å². The Morgan fingerprint density at radius 3 is 2.54 bits per heavy atom. The van der Waals surface area contributed by atoms with Gasteiger partial charge in [-0.1, -0.05) is 37.1 Å². The van der Waals surface area contributed by atoms with Gasteiger partial charge in [0, 0.05) is 0 Å². The van der Waals surface area contributed by atoms with E-state index in [2.05, 4.69) is 32.5 Å². The highest BCUT2D eigenvalue weighted by Gasteiger charge is 2.29. The Morgan fingerprint density at radius 1 is 1.19 bits per heavy atom. The first-order valence-corrected chi connectivity index (χ1v) is 11.9. The number of guanidine groups is 1. The average molecular weight is 579 g/mol. The van der Waals surface area contributed by atoms with Gasteiger partial charge in [-0.15, -0.1) is 24.8 Å². The van der Waals surface area contributed by atoms with Crippen LogP contribution < -0.4 is 26.8 Å². The van der Waals surface area contributed by atoms with Gasteiger partial charge in [-0.3, -0.25) is 10.1 Å². The quantitative estimate of drug-likeness (QED) is 0.233. The molecule has 1 aliphatic heterocycles. The number of nitrogens with one attached hydrogen (secondary N) is 2. The number of nitrogens with two attached hydrogens (primary N) is 2. The molecule has 1 amide bonds. The molecule has 2 heterocycles. The Morgan fingerprint density at radius 2 is 1.89 bits per heavy atom. The van der Waals surface area contributed by atoms with Gasteiger partial charge in [0.1, 0.15) is 18.5 Å². The molecule has 0 saturated carbocycles. The number of aliphatic imine (C=N–C) groups is 1. The Bertz CT molecular complexity index is 1040. The Hall–Kier alpha value is -2.57. The molecule has 1 aliphatic rings. The van der Waals surface area contributed by atoms with E-state index in [9.17, 15) is 9.90 Å². The van der Waals surface area contributed by atoms with E-state index in [0.717, 1.165) is 37.7 Å². The lowest BCUT2D eigenvalue weighted by Crippen LogP contribution is -2.43. The third kappa shape index (κ3) is 9.35. The molecule has 0 spiro atoms. The van der Waals surface area contributed by atoms with Crippen molar-refractivity contribution in [3.8, 4) is 5.75 Å². The number of hydrogen-bond donors (Lipinski definition) is 6. The molecular weight excluding hydrogens is 545 g/mol.